The van der Waals surface area contributed by atoms with Gasteiger partial charge in [0, 0.05) is 6.54 Å². The van der Waals surface area contributed by atoms with Crippen molar-refractivity contribution in [2.75, 3.05) is 29.9 Å². The Balaban J connectivity index is 0.00000280. The maximum absolute atomic E-state index is 13.6. The summed E-state index contributed by atoms with van der Waals surface area (Å²) in [6.07, 6.45) is -5.36. The van der Waals surface area contributed by atoms with Gasteiger partial charge in [-0.15, -0.1) is 12.4 Å². The lowest BCUT2D eigenvalue weighted by Crippen LogP contribution is -2.52. The number of likely N-dealkylation sites (tertiary alicyclic amines) is 1. The van der Waals surface area contributed by atoms with Crippen LogP contribution in [0.1, 0.15) is 12.8 Å². The summed E-state index contributed by atoms with van der Waals surface area (Å²) in [6, 6.07) is 3.53. The maximum Gasteiger partial charge on any atom is 0.409 e. The van der Waals surface area contributed by atoms with Gasteiger partial charge < -0.3 is 10.4 Å². The number of nitrogens with one attached hydrogen (secondary N) is 1. The summed E-state index contributed by atoms with van der Waals surface area (Å²) in [5.74, 6) is -3.29. The van der Waals surface area contributed by atoms with Gasteiger partial charge in [-0.05, 0) is 25.1 Å². The van der Waals surface area contributed by atoms with Crippen LogP contribution in [0.2, 0.25) is 0 Å². The molecule has 1 aromatic rings. The molecule has 0 aromatic heterocycles. The minimum atomic E-state index is -4.79. The van der Waals surface area contributed by atoms with E-state index in [0.717, 1.165) is 0 Å². The van der Waals surface area contributed by atoms with Crippen molar-refractivity contribution in [2.24, 2.45) is 5.92 Å². The molecule has 7 nitrogen and oxygen atoms in total. The minimum absolute atomic E-state index is 0. The molecule has 1 saturated heterocycles. The lowest BCUT2D eigenvalue weighted by molar-refractivity contribution is -0.158. The molecule has 2 amide bonds. The molecule has 2 aliphatic rings. The van der Waals surface area contributed by atoms with Gasteiger partial charge in [-0.1, -0.05) is 12.1 Å². The highest BCUT2D eigenvalue weighted by Gasteiger charge is 2.49. The van der Waals surface area contributed by atoms with Crippen molar-refractivity contribution in [2.45, 2.75) is 25.1 Å². The van der Waals surface area contributed by atoms with Crippen molar-refractivity contribution < 1.29 is 32.7 Å². The van der Waals surface area contributed by atoms with Gasteiger partial charge in [0.1, 0.15) is 6.04 Å². The predicted octanol–water partition coefficient (Wildman–Crippen LogP) is 2.12. The number of carbonyl (C=O) groups is 3. The van der Waals surface area contributed by atoms with E-state index in [4.69, 9.17) is 5.11 Å². The van der Waals surface area contributed by atoms with Crippen LogP contribution in [0.4, 0.5) is 24.5 Å². The third-order valence-electron chi connectivity index (χ3n) is 4.76. The number of carboxylic acid groups (broad SMARTS) is 1. The van der Waals surface area contributed by atoms with Gasteiger partial charge in [-0.3, -0.25) is 24.2 Å². The summed E-state index contributed by atoms with van der Waals surface area (Å²) < 4.78 is 40.8. The number of anilines is 2. The molecular weight excluding hydrogens is 403 g/mol. The van der Waals surface area contributed by atoms with Crippen LogP contribution in [-0.2, 0) is 14.4 Å². The first-order valence-electron chi connectivity index (χ1n) is 8.39. The van der Waals surface area contributed by atoms with E-state index in [9.17, 15) is 27.6 Å². The van der Waals surface area contributed by atoms with E-state index in [1.165, 1.54) is 23.1 Å². The zero-order valence-electron chi connectivity index (χ0n) is 14.6. The Bertz CT molecular complexity index is 774. The number of nitrogens with zero attached hydrogens (tertiary/aromatic N) is 2. The lowest BCUT2D eigenvalue weighted by atomic mass is 10.1. The number of alkyl halides is 3. The SMILES string of the molecule is Cl.O=C1CC(C(F)(F)F)N(C(=O)CN2CCC(C(=O)O)C2)c2ccccc2N1. The standard InChI is InChI=1S/C17H18F3N3O4.ClH/c18-17(19,20)13-7-14(24)21-11-3-1-2-4-12(11)23(13)15(25)9-22-6-5-10(8-22)16(26)27;/h1-4,10,13H,5-9H2,(H,21,24)(H,26,27);1H. The molecule has 11 heteroatoms. The highest BCUT2D eigenvalue weighted by atomic mass is 35.5. The third kappa shape index (κ3) is 4.56. The molecule has 0 radical (unpaired) electrons. The zero-order chi connectivity index (χ0) is 19.8. The van der Waals surface area contributed by atoms with Crippen molar-refractivity contribution in [1.82, 2.24) is 4.90 Å². The number of halogens is 4. The Morgan fingerprint density at radius 1 is 1.25 bits per heavy atom. The van der Waals surface area contributed by atoms with Crippen molar-refractivity contribution in [3.05, 3.63) is 24.3 Å². The van der Waals surface area contributed by atoms with E-state index in [1.807, 2.05) is 0 Å². The molecule has 2 unspecified atom stereocenters. The number of hydrogen-bond acceptors (Lipinski definition) is 4. The maximum atomic E-state index is 13.6. The Morgan fingerprint density at radius 3 is 2.54 bits per heavy atom. The second-order valence-electron chi connectivity index (χ2n) is 6.65. The largest absolute Gasteiger partial charge is 0.481 e. The molecule has 0 saturated carbocycles. The summed E-state index contributed by atoms with van der Waals surface area (Å²) in [6.45, 7) is 0.0648. The number of aliphatic carboxylic acids is 1. The second-order valence-corrected chi connectivity index (χ2v) is 6.65. The van der Waals surface area contributed by atoms with Crippen molar-refractivity contribution in [3.8, 4) is 0 Å². The van der Waals surface area contributed by atoms with Crippen LogP contribution in [0, 0.1) is 5.92 Å². The van der Waals surface area contributed by atoms with Crippen LogP contribution in [0.5, 0.6) is 0 Å². The Labute approximate surface area is 164 Å². The van der Waals surface area contributed by atoms with Crippen molar-refractivity contribution in [3.63, 3.8) is 0 Å². The third-order valence-corrected chi connectivity index (χ3v) is 4.76. The minimum Gasteiger partial charge on any atom is -0.481 e. The molecule has 0 bridgehead atoms. The fraction of sp³-hybridized carbons (Fsp3) is 0.471. The molecule has 2 aliphatic heterocycles. The van der Waals surface area contributed by atoms with E-state index in [2.05, 4.69) is 5.32 Å². The molecule has 154 valence electrons. The molecule has 2 N–H and O–H groups in total. The Morgan fingerprint density at radius 2 is 1.93 bits per heavy atom. The van der Waals surface area contributed by atoms with Gasteiger partial charge in [-0.25, -0.2) is 0 Å². The molecule has 2 heterocycles. The van der Waals surface area contributed by atoms with E-state index >= 15 is 0 Å². The normalized spacial score (nSPS) is 22.7. The van der Waals surface area contributed by atoms with E-state index in [1.54, 1.807) is 6.07 Å². The van der Waals surface area contributed by atoms with Crippen molar-refractivity contribution >= 4 is 41.6 Å². The topological polar surface area (TPSA) is 90.0 Å². The smallest absolute Gasteiger partial charge is 0.409 e. The first-order valence-corrected chi connectivity index (χ1v) is 8.39. The molecule has 3 rings (SSSR count). The number of benzene rings is 1. The molecule has 0 aliphatic carbocycles. The fourth-order valence-electron chi connectivity index (χ4n) is 3.44. The fourth-order valence-corrected chi connectivity index (χ4v) is 3.44. The van der Waals surface area contributed by atoms with Gasteiger partial charge in [0.15, 0.2) is 0 Å². The van der Waals surface area contributed by atoms with Crippen LogP contribution < -0.4 is 10.2 Å². The van der Waals surface area contributed by atoms with E-state index in [-0.39, 0.29) is 36.9 Å². The van der Waals surface area contributed by atoms with Crippen LogP contribution in [0.25, 0.3) is 0 Å². The van der Waals surface area contributed by atoms with Crippen LogP contribution in [0.15, 0.2) is 24.3 Å². The molecule has 1 fully saturated rings. The number of amides is 2. The van der Waals surface area contributed by atoms with Crippen LogP contribution in [-0.4, -0.2) is 59.6 Å². The molecule has 2 atom stereocenters. The first-order chi connectivity index (χ1) is 12.7. The summed E-state index contributed by atoms with van der Waals surface area (Å²) in [7, 11) is 0. The van der Waals surface area contributed by atoms with Gasteiger partial charge in [0.25, 0.3) is 0 Å². The quantitative estimate of drug-likeness (QED) is 0.780. The van der Waals surface area contributed by atoms with E-state index in [0.29, 0.717) is 17.9 Å². The summed E-state index contributed by atoms with van der Waals surface area (Å²) in [4.78, 5) is 37.9. The van der Waals surface area contributed by atoms with Crippen molar-refractivity contribution in [1.29, 1.82) is 0 Å². The highest BCUT2D eigenvalue weighted by Crippen LogP contribution is 2.37. The summed E-state index contributed by atoms with van der Waals surface area (Å²) in [5.41, 5.74) is 0.108. The monoisotopic (exact) mass is 421 g/mol. The highest BCUT2D eigenvalue weighted by molar-refractivity contribution is 6.05. The number of para-hydroxylation sites is 2. The molecular formula is C17H19ClF3N3O4. The Kier molecular flexibility index (Phi) is 6.56. The molecule has 0 spiro atoms. The van der Waals surface area contributed by atoms with E-state index < -0.39 is 42.3 Å². The van der Waals surface area contributed by atoms with Crippen LogP contribution in [0.3, 0.4) is 0 Å². The van der Waals surface area contributed by atoms with Gasteiger partial charge in [0.05, 0.1) is 30.3 Å². The number of fused-ring (bicyclic) bond motifs is 1. The van der Waals surface area contributed by atoms with Crippen LogP contribution >= 0.6 is 12.4 Å². The lowest BCUT2D eigenvalue weighted by Gasteiger charge is -2.32. The number of carboxylic acids is 1. The average Bonchev–Trinajstić information content (AvgIpc) is 2.97. The second kappa shape index (κ2) is 8.36. The van der Waals surface area contributed by atoms with Gasteiger partial charge in [-0.2, -0.15) is 13.2 Å². The first kappa shape index (κ1) is 22.0. The summed E-state index contributed by atoms with van der Waals surface area (Å²) in [5, 5.41) is 11.4. The Hall–Kier alpha value is -2.33. The van der Waals surface area contributed by atoms with Gasteiger partial charge >= 0.3 is 12.1 Å². The number of carbonyl (C=O) groups excluding carboxylic acids is 2. The molecule has 1 aromatic carbocycles. The zero-order valence-corrected chi connectivity index (χ0v) is 15.4. The average molecular weight is 422 g/mol. The molecule has 28 heavy (non-hydrogen) atoms. The number of hydrogen-bond donors (Lipinski definition) is 2. The summed E-state index contributed by atoms with van der Waals surface area (Å²) >= 11 is 0. The number of rotatable bonds is 3. The predicted molar refractivity (Wildman–Crippen MR) is 96.4 cm³/mol. The van der Waals surface area contributed by atoms with Gasteiger partial charge in [0.2, 0.25) is 11.8 Å².